The summed E-state index contributed by atoms with van der Waals surface area (Å²) in [5.74, 6) is -0.466. The van der Waals surface area contributed by atoms with Crippen LogP contribution in [0.1, 0.15) is 36.0 Å². The number of amides is 1. The molecule has 1 amide bonds. The van der Waals surface area contributed by atoms with E-state index in [9.17, 15) is 9.18 Å². The minimum atomic E-state index is -0.677. The Hall–Kier alpha value is -1.58. The average molecular weight is 249 g/mol. The van der Waals surface area contributed by atoms with Crippen LogP contribution in [0.25, 0.3) is 0 Å². The van der Waals surface area contributed by atoms with E-state index in [1.807, 2.05) is 0 Å². The molecule has 2 aliphatic rings. The van der Waals surface area contributed by atoms with Gasteiger partial charge in [0.15, 0.2) is 0 Å². The first-order valence-electron chi connectivity index (χ1n) is 6.37. The summed E-state index contributed by atoms with van der Waals surface area (Å²) in [6.45, 7) is 0.650. The van der Waals surface area contributed by atoms with E-state index in [2.05, 4.69) is 5.32 Å². The van der Waals surface area contributed by atoms with Crippen molar-refractivity contribution in [2.45, 2.75) is 25.7 Å². The molecule has 3 nitrogen and oxygen atoms in total. The average Bonchev–Trinajstić information content (AvgIpc) is 3.17. The molecule has 2 N–H and O–H groups in total. The molecule has 2 saturated carbocycles. The maximum Gasteiger partial charge on any atom is 0.254 e. The van der Waals surface area contributed by atoms with E-state index in [-0.39, 0.29) is 17.2 Å². The van der Waals surface area contributed by atoms with Crippen LogP contribution in [0.5, 0.6) is 5.75 Å². The zero-order valence-corrected chi connectivity index (χ0v) is 10.1. The topological polar surface area (TPSA) is 49.3 Å². The van der Waals surface area contributed by atoms with Crippen LogP contribution >= 0.6 is 0 Å². The highest BCUT2D eigenvalue weighted by atomic mass is 19.1. The lowest BCUT2D eigenvalue weighted by Gasteiger charge is -2.15. The Bertz CT molecular complexity index is 493. The fraction of sp³-hybridized carbons (Fsp3) is 0.500. The Morgan fingerprint density at radius 2 is 2.17 bits per heavy atom. The molecule has 4 heteroatoms. The van der Waals surface area contributed by atoms with E-state index >= 15 is 0 Å². The Morgan fingerprint density at radius 3 is 2.72 bits per heavy atom. The fourth-order valence-corrected chi connectivity index (χ4v) is 2.63. The molecular formula is C14H16FNO2. The highest BCUT2D eigenvalue weighted by Gasteiger charge is 2.53. The lowest BCUT2D eigenvalue weighted by molar-refractivity contribution is 0.0938. The molecule has 3 rings (SSSR count). The molecule has 1 aromatic rings. The Labute approximate surface area is 105 Å². The molecule has 0 bridgehead atoms. The molecule has 96 valence electrons. The molecule has 0 atom stereocenters. The highest BCUT2D eigenvalue weighted by Crippen LogP contribution is 2.60. The van der Waals surface area contributed by atoms with Gasteiger partial charge < -0.3 is 10.4 Å². The Morgan fingerprint density at radius 1 is 1.44 bits per heavy atom. The number of rotatable bonds is 4. The zero-order valence-electron chi connectivity index (χ0n) is 10.1. The Kier molecular flexibility index (Phi) is 2.54. The normalized spacial score (nSPS) is 20.5. The second-order valence-electron chi connectivity index (χ2n) is 5.48. The third kappa shape index (κ3) is 2.07. The molecule has 2 aliphatic carbocycles. The van der Waals surface area contributed by atoms with Gasteiger partial charge in [-0.2, -0.15) is 0 Å². The molecule has 18 heavy (non-hydrogen) atoms. The third-order valence-corrected chi connectivity index (χ3v) is 4.13. The molecular weight excluding hydrogens is 233 g/mol. The molecule has 2 fully saturated rings. The molecule has 0 spiro atoms. The quantitative estimate of drug-likeness (QED) is 0.861. The van der Waals surface area contributed by atoms with Crippen molar-refractivity contribution in [3.05, 3.63) is 29.6 Å². The van der Waals surface area contributed by atoms with Crippen molar-refractivity contribution < 1.29 is 14.3 Å². The first-order valence-corrected chi connectivity index (χ1v) is 6.37. The third-order valence-electron chi connectivity index (χ3n) is 4.13. The van der Waals surface area contributed by atoms with Crippen LogP contribution < -0.4 is 5.32 Å². The smallest absolute Gasteiger partial charge is 0.254 e. The van der Waals surface area contributed by atoms with Crippen LogP contribution in [0.3, 0.4) is 0 Å². The van der Waals surface area contributed by atoms with Gasteiger partial charge in [-0.25, -0.2) is 4.39 Å². The molecule has 0 aliphatic heterocycles. The number of hydrogen-bond acceptors (Lipinski definition) is 2. The standard InChI is InChI=1S/C14H16FNO2/c15-12-7-10(17)3-4-11(12)13(18)16-8-14(5-6-14)9-1-2-9/h3-4,7,9,17H,1-2,5-6,8H2,(H,16,18). The van der Waals surface area contributed by atoms with Gasteiger partial charge in [-0.1, -0.05) is 0 Å². The summed E-state index contributed by atoms with van der Waals surface area (Å²) in [5.41, 5.74) is 0.308. The number of aromatic hydroxyl groups is 1. The maximum atomic E-state index is 13.5. The predicted octanol–water partition coefficient (Wildman–Crippen LogP) is 2.45. The van der Waals surface area contributed by atoms with Crippen LogP contribution in [0, 0.1) is 17.2 Å². The second kappa shape index (κ2) is 3.97. The summed E-state index contributed by atoms with van der Waals surface area (Å²) >= 11 is 0. The predicted molar refractivity (Wildman–Crippen MR) is 64.8 cm³/mol. The van der Waals surface area contributed by atoms with Crippen molar-refractivity contribution in [2.24, 2.45) is 11.3 Å². The van der Waals surface area contributed by atoms with E-state index in [0.29, 0.717) is 12.0 Å². The zero-order chi connectivity index (χ0) is 12.8. The van der Waals surface area contributed by atoms with Crippen LogP contribution in [0.15, 0.2) is 18.2 Å². The van der Waals surface area contributed by atoms with Gasteiger partial charge in [0.1, 0.15) is 11.6 Å². The van der Waals surface area contributed by atoms with Gasteiger partial charge in [-0.05, 0) is 49.1 Å². The van der Waals surface area contributed by atoms with E-state index in [1.54, 1.807) is 0 Å². The van der Waals surface area contributed by atoms with Crippen LogP contribution in [0.2, 0.25) is 0 Å². The minimum absolute atomic E-state index is 0.000558. The van der Waals surface area contributed by atoms with Gasteiger partial charge in [0.25, 0.3) is 5.91 Å². The lowest BCUT2D eigenvalue weighted by Crippen LogP contribution is -2.31. The van der Waals surface area contributed by atoms with Gasteiger partial charge in [0, 0.05) is 12.6 Å². The lowest BCUT2D eigenvalue weighted by atomic mass is 10.0. The first kappa shape index (κ1) is 11.5. The summed E-state index contributed by atoms with van der Waals surface area (Å²) < 4.78 is 13.5. The van der Waals surface area contributed by atoms with Gasteiger partial charge in [0.2, 0.25) is 0 Å². The molecule has 1 aromatic carbocycles. The number of carbonyl (C=O) groups excluding carboxylic acids is 1. The summed E-state index contributed by atoms with van der Waals surface area (Å²) in [6, 6.07) is 3.60. The summed E-state index contributed by atoms with van der Waals surface area (Å²) in [5, 5.41) is 11.9. The van der Waals surface area contributed by atoms with Crippen molar-refractivity contribution in [1.29, 1.82) is 0 Å². The van der Waals surface area contributed by atoms with E-state index in [1.165, 1.54) is 37.8 Å². The van der Waals surface area contributed by atoms with Gasteiger partial charge >= 0.3 is 0 Å². The van der Waals surface area contributed by atoms with Crippen molar-refractivity contribution in [2.75, 3.05) is 6.54 Å². The minimum Gasteiger partial charge on any atom is -0.508 e. The van der Waals surface area contributed by atoms with Crippen LogP contribution in [-0.2, 0) is 0 Å². The number of phenols is 1. The van der Waals surface area contributed by atoms with E-state index in [4.69, 9.17) is 5.11 Å². The monoisotopic (exact) mass is 249 g/mol. The van der Waals surface area contributed by atoms with Crippen molar-refractivity contribution in [3.8, 4) is 5.75 Å². The highest BCUT2D eigenvalue weighted by molar-refractivity contribution is 5.94. The van der Waals surface area contributed by atoms with Crippen molar-refractivity contribution in [3.63, 3.8) is 0 Å². The maximum absolute atomic E-state index is 13.5. The SMILES string of the molecule is O=C(NCC1(C2CC2)CC1)c1ccc(O)cc1F. The van der Waals surface area contributed by atoms with Gasteiger partial charge in [-0.3, -0.25) is 4.79 Å². The number of carbonyl (C=O) groups is 1. The Balaban J connectivity index is 1.64. The van der Waals surface area contributed by atoms with Crippen LogP contribution in [-0.4, -0.2) is 17.6 Å². The summed E-state index contributed by atoms with van der Waals surface area (Å²) in [4.78, 5) is 11.9. The molecule has 0 radical (unpaired) electrons. The number of halogens is 1. The molecule has 0 heterocycles. The molecule has 0 unspecified atom stereocenters. The number of nitrogens with one attached hydrogen (secondary N) is 1. The summed E-state index contributed by atoms with van der Waals surface area (Å²) in [6.07, 6.45) is 4.89. The van der Waals surface area contributed by atoms with E-state index < -0.39 is 5.82 Å². The fourth-order valence-electron chi connectivity index (χ4n) is 2.63. The molecule has 0 aromatic heterocycles. The largest absolute Gasteiger partial charge is 0.508 e. The first-order chi connectivity index (χ1) is 8.61. The number of hydrogen-bond donors (Lipinski definition) is 2. The summed E-state index contributed by atoms with van der Waals surface area (Å²) in [7, 11) is 0. The van der Waals surface area contributed by atoms with E-state index in [0.717, 1.165) is 12.0 Å². The molecule has 0 saturated heterocycles. The van der Waals surface area contributed by atoms with Crippen LogP contribution in [0.4, 0.5) is 4.39 Å². The van der Waals surface area contributed by atoms with Gasteiger partial charge in [0.05, 0.1) is 5.56 Å². The van der Waals surface area contributed by atoms with Crippen molar-refractivity contribution >= 4 is 5.91 Å². The number of phenolic OH excluding ortho intramolecular Hbond substituents is 1. The number of benzene rings is 1. The second-order valence-corrected chi connectivity index (χ2v) is 5.48. The van der Waals surface area contributed by atoms with Crippen molar-refractivity contribution in [1.82, 2.24) is 5.32 Å². The van der Waals surface area contributed by atoms with Gasteiger partial charge in [-0.15, -0.1) is 0 Å².